The van der Waals surface area contributed by atoms with Crippen LogP contribution in [0.1, 0.15) is 40.6 Å². The molecule has 1 amide bonds. The average Bonchev–Trinajstić information content (AvgIpc) is 2.56. The number of amides is 1. The van der Waals surface area contributed by atoms with Gasteiger partial charge in [0.05, 0.1) is 6.04 Å². The molecule has 0 saturated carbocycles. The second kappa shape index (κ2) is 4.12. The lowest BCUT2D eigenvalue weighted by molar-refractivity contribution is -0.122. The first-order valence-corrected chi connectivity index (χ1v) is 5.53. The Labute approximate surface area is 94.6 Å². The van der Waals surface area contributed by atoms with Gasteiger partial charge in [-0.3, -0.25) is 9.59 Å². The van der Waals surface area contributed by atoms with Gasteiger partial charge in [0.25, 0.3) is 0 Å². The van der Waals surface area contributed by atoms with Crippen molar-refractivity contribution in [1.82, 2.24) is 9.88 Å². The molecular weight excluding hydrogens is 204 g/mol. The molecule has 0 aliphatic carbocycles. The number of hydrogen-bond acceptors (Lipinski definition) is 2. The van der Waals surface area contributed by atoms with E-state index in [2.05, 4.69) is 9.88 Å². The second-order valence-electron chi connectivity index (χ2n) is 4.31. The Hall–Kier alpha value is -1.58. The van der Waals surface area contributed by atoms with Gasteiger partial charge in [-0.25, -0.2) is 0 Å². The van der Waals surface area contributed by atoms with Crippen LogP contribution in [0.3, 0.4) is 0 Å². The van der Waals surface area contributed by atoms with Crippen LogP contribution in [0.2, 0.25) is 0 Å². The molecule has 0 bridgehead atoms. The number of aryl methyl sites for hydroxylation is 1. The molecule has 16 heavy (non-hydrogen) atoms. The summed E-state index contributed by atoms with van der Waals surface area (Å²) < 4.78 is 2.16. The van der Waals surface area contributed by atoms with Gasteiger partial charge in [-0.05, 0) is 26.3 Å². The van der Waals surface area contributed by atoms with E-state index in [9.17, 15) is 9.59 Å². The number of aromatic nitrogens is 1. The maximum atomic E-state index is 11.1. The molecule has 0 spiro atoms. The van der Waals surface area contributed by atoms with Crippen LogP contribution in [0.25, 0.3) is 0 Å². The van der Waals surface area contributed by atoms with Gasteiger partial charge in [-0.1, -0.05) is 0 Å². The molecule has 0 radical (unpaired) electrons. The van der Waals surface area contributed by atoms with E-state index < -0.39 is 0 Å². The van der Waals surface area contributed by atoms with Crippen molar-refractivity contribution >= 4 is 12.2 Å². The first-order chi connectivity index (χ1) is 7.63. The third-order valence-corrected chi connectivity index (χ3v) is 3.26. The van der Waals surface area contributed by atoms with E-state index in [-0.39, 0.29) is 11.9 Å². The van der Waals surface area contributed by atoms with Crippen molar-refractivity contribution in [2.75, 3.05) is 6.54 Å². The molecular formula is C12H16N2O2. The van der Waals surface area contributed by atoms with Gasteiger partial charge in [0.15, 0.2) is 6.29 Å². The zero-order valence-electron chi connectivity index (χ0n) is 9.62. The van der Waals surface area contributed by atoms with E-state index in [0.717, 1.165) is 29.7 Å². The third kappa shape index (κ3) is 1.75. The van der Waals surface area contributed by atoms with E-state index in [1.165, 1.54) is 0 Å². The van der Waals surface area contributed by atoms with Crippen molar-refractivity contribution in [1.29, 1.82) is 0 Å². The van der Waals surface area contributed by atoms with Crippen LogP contribution >= 0.6 is 0 Å². The standard InChI is InChI=1S/C12H16N2O2/c1-8-5-10(7-15)9(2)14(8)11-3-4-12(16)13-6-11/h5,7,11H,3-4,6H2,1-2H3,(H,13,16). The fourth-order valence-electron chi connectivity index (χ4n) is 2.42. The highest BCUT2D eigenvalue weighted by Gasteiger charge is 2.22. The van der Waals surface area contributed by atoms with Crippen LogP contribution in [0, 0.1) is 13.8 Å². The topological polar surface area (TPSA) is 51.1 Å². The molecule has 2 heterocycles. The minimum Gasteiger partial charge on any atom is -0.354 e. The minimum absolute atomic E-state index is 0.120. The summed E-state index contributed by atoms with van der Waals surface area (Å²) in [5, 5.41) is 2.86. The van der Waals surface area contributed by atoms with Crippen molar-refractivity contribution in [2.24, 2.45) is 0 Å². The quantitative estimate of drug-likeness (QED) is 0.765. The third-order valence-electron chi connectivity index (χ3n) is 3.26. The summed E-state index contributed by atoms with van der Waals surface area (Å²) in [5.74, 6) is 0.120. The van der Waals surface area contributed by atoms with E-state index >= 15 is 0 Å². The number of nitrogens with zero attached hydrogens (tertiary/aromatic N) is 1. The predicted octanol–water partition coefficient (Wildman–Crippen LogP) is 1.37. The number of piperidine rings is 1. The molecule has 2 rings (SSSR count). The van der Waals surface area contributed by atoms with Crippen LogP contribution in [-0.2, 0) is 4.79 Å². The number of aldehydes is 1. The normalized spacial score (nSPS) is 20.6. The molecule has 1 aromatic rings. The summed E-state index contributed by atoms with van der Waals surface area (Å²) in [5.41, 5.74) is 2.82. The Bertz CT molecular complexity index is 424. The molecule has 1 saturated heterocycles. The van der Waals surface area contributed by atoms with Crippen LogP contribution in [0.4, 0.5) is 0 Å². The Balaban J connectivity index is 2.29. The smallest absolute Gasteiger partial charge is 0.220 e. The molecule has 1 unspecified atom stereocenters. The molecule has 1 aliphatic heterocycles. The Morgan fingerprint density at radius 3 is 2.75 bits per heavy atom. The fraction of sp³-hybridized carbons (Fsp3) is 0.500. The summed E-state index contributed by atoms with van der Waals surface area (Å²) in [6, 6.07) is 2.19. The highest BCUT2D eigenvalue weighted by molar-refractivity contribution is 5.78. The van der Waals surface area contributed by atoms with Gasteiger partial charge in [0.2, 0.25) is 5.91 Å². The molecule has 1 N–H and O–H groups in total. The second-order valence-corrected chi connectivity index (χ2v) is 4.31. The molecule has 1 fully saturated rings. The van der Waals surface area contributed by atoms with Crippen molar-refractivity contribution < 1.29 is 9.59 Å². The minimum atomic E-state index is 0.120. The maximum absolute atomic E-state index is 11.1. The molecule has 86 valence electrons. The first kappa shape index (κ1) is 10.9. The molecule has 4 nitrogen and oxygen atoms in total. The van der Waals surface area contributed by atoms with Gasteiger partial charge in [0.1, 0.15) is 0 Å². The van der Waals surface area contributed by atoms with Crippen molar-refractivity contribution in [3.8, 4) is 0 Å². The van der Waals surface area contributed by atoms with E-state index in [1.54, 1.807) is 0 Å². The van der Waals surface area contributed by atoms with Crippen LogP contribution in [-0.4, -0.2) is 23.3 Å². The zero-order chi connectivity index (χ0) is 11.7. The molecule has 0 aromatic carbocycles. The Morgan fingerprint density at radius 2 is 2.25 bits per heavy atom. The maximum Gasteiger partial charge on any atom is 0.220 e. The van der Waals surface area contributed by atoms with E-state index in [1.807, 2.05) is 19.9 Å². The lowest BCUT2D eigenvalue weighted by Crippen LogP contribution is -2.36. The monoisotopic (exact) mass is 220 g/mol. The summed E-state index contributed by atoms with van der Waals surface area (Å²) in [7, 11) is 0. The molecule has 4 heteroatoms. The number of carbonyl (C=O) groups is 2. The molecule has 1 aliphatic rings. The Morgan fingerprint density at radius 1 is 1.50 bits per heavy atom. The number of nitrogens with one attached hydrogen (secondary N) is 1. The summed E-state index contributed by atoms with van der Waals surface area (Å²) in [4.78, 5) is 21.9. The SMILES string of the molecule is Cc1cc(C=O)c(C)n1C1CCC(=O)NC1. The predicted molar refractivity (Wildman–Crippen MR) is 60.6 cm³/mol. The first-order valence-electron chi connectivity index (χ1n) is 5.53. The lowest BCUT2D eigenvalue weighted by atomic mass is 10.1. The van der Waals surface area contributed by atoms with E-state index in [0.29, 0.717) is 13.0 Å². The van der Waals surface area contributed by atoms with Gasteiger partial charge in [0, 0.05) is 29.9 Å². The highest BCUT2D eigenvalue weighted by Crippen LogP contribution is 2.24. The van der Waals surface area contributed by atoms with E-state index in [4.69, 9.17) is 0 Å². The fourth-order valence-corrected chi connectivity index (χ4v) is 2.42. The number of hydrogen-bond donors (Lipinski definition) is 1. The van der Waals surface area contributed by atoms with Crippen LogP contribution in [0.5, 0.6) is 0 Å². The lowest BCUT2D eigenvalue weighted by Gasteiger charge is -2.26. The largest absolute Gasteiger partial charge is 0.354 e. The summed E-state index contributed by atoms with van der Waals surface area (Å²) >= 11 is 0. The highest BCUT2D eigenvalue weighted by atomic mass is 16.1. The van der Waals surface area contributed by atoms with Gasteiger partial charge in [-0.15, -0.1) is 0 Å². The average molecular weight is 220 g/mol. The van der Waals surface area contributed by atoms with Gasteiger partial charge in [-0.2, -0.15) is 0 Å². The summed E-state index contributed by atoms with van der Waals surface area (Å²) in [6.45, 7) is 4.61. The van der Waals surface area contributed by atoms with Crippen molar-refractivity contribution in [3.05, 3.63) is 23.0 Å². The van der Waals surface area contributed by atoms with Crippen molar-refractivity contribution in [2.45, 2.75) is 32.7 Å². The van der Waals surface area contributed by atoms with Crippen LogP contribution in [0.15, 0.2) is 6.07 Å². The Kier molecular flexibility index (Phi) is 2.81. The number of rotatable bonds is 2. The van der Waals surface area contributed by atoms with Gasteiger partial charge < -0.3 is 9.88 Å². The zero-order valence-corrected chi connectivity index (χ0v) is 9.62. The van der Waals surface area contributed by atoms with Gasteiger partial charge >= 0.3 is 0 Å². The number of carbonyl (C=O) groups excluding carboxylic acids is 2. The summed E-state index contributed by atoms with van der Waals surface area (Å²) in [6.07, 6.45) is 2.30. The van der Waals surface area contributed by atoms with Crippen LogP contribution < -0.4 is 5.32 Å². The van der Waals surface area contributed by atoms with Crippen molar-refractivity contribution in [3.63, 3.8) is 0 Å². The molecule has 1 atom stereocenters. The molecule has 1 aromatic heterocycles.